The summed E-state index contributed by atoms with van der Waals surface area (Å²) in [4.78, 5) is 105. The zero-order valence-electron chi connectivity index (χ0n) is 33.4. The number of carbonyl (C=O) groups is 7. The van der Waals surface area contributed by atoms with Crippen molar-refractivity contribution in [3.63, 3.8) is 0 Å². The second-order valence-corrected chi connectivity index (χ2v) is 14.4. The Kier molecular flexibility index (Phi) is 10.8. The highest BCUT2D eigenvalue weighted by Gasteiger charge is 2.45. The highest BCUT2D eigenvalue weighted by molar-refractivity contribution is 6.25. The highest BCUT2D eigenvalue weighted by Crippen LogP contribution is 2.35. The number of anilines is 5. The number of hydrogen-bond acceptors (Lipinski definition) is 13. The van der Waals surface area contributed by atoms with Crippen LogP contribution in [0.15, 0.2) is 73.1 Å². The summed E-state index contributed by atoms with van der Waals surface area (Å²) in [7, 11) is 4.37. The van der Waals surface area contributed by atoms with Crippen molar-refractivity contribution in [2.75, 3.05) is 50.2 Å². The lowest BCUT2D eigenvalue weighted by molar-refractivity contribution is -0.136. The second-order valence-electron chi connectivity index (χ2n) is 14.4. The minimum absolute atomic E-state index is 0.00711. The van der Waals surface area contributed by atoms with Crippen molar-refractivity contribution in [1.82, 2.24) is 40.0 Å². The number of fused-ring (bicyclic) bond motifs is 3. The second kappa shape index (κ2) is 16.5. The molecule has 0 aliphatic carbocycles. The molecule has 1 unspecified atom stereocenters. The summed E-state index contributed by atoms with van der Waals surface area (Å²) in [6.45, 7) is -0.230. The van der Waals surface area contributed by atoms with E-state index < -0.39 is 47.3 Å². The van der Waals surface area contributed by atoms with Crippen LogP contribution in [-0.4, -0.2) is 111 Å². The summed E-state index contributed by atoms with van der Waals surface area (Å²) in [6.07, 6.45) is 3.18. The van der Waals surface area contributed by atoms with Crippen molar-refractivity contribution in [1.29, 1.82) is 0 Å². The van der Waals surface area contributed by atoms with E-state index in [0.29, 0.717) is 39.1 Å². The number of nitrogens with zero attached hydrogens (tertiary/aromatic N) is 5. The average molecular weight is 844 g/mol. The Hall–Kier alpha value is -8.16. The van der Waals surface area contributed by atoms with E-state index in [2.05, 4.69) is 41.5 Å². The number of nitrogens with one attached hydrogen (secondary N) is 6. The number of hydrogen-bond donors (Lipinski definition) is 6. The highest BCUT2D eigenvalue weighted by atomic mass is 19.1. The largest absolute Gasteiger partial charge is 0.495 e. The van der Waals surface area contributed by atoms with E-state index in [4.69, 9.17) is 4.74 Å². The summed E-state index contributed by atoms with van der Waals surface area (Å²) in [6, 6.07) is 14.6. The third-order valence-corrected chi connectivity index (χ3v) is 10.6. The molecule has 0 radical (unpaired) electrons. The molecular weight excluding hydrogens is 806 g/mol. The first-order valence-corrected chi connectivity index (χ1v) is 19.3. The van der Waals surface area contributed by atoms with Crippen molar-refractivity contribution in [3.05, 3.63) is 95.6 Å². The monoisotopic (exact) mass is 843 g/mol. The van der Waals surface area contributed by atoms with Gasteiger partial charge in [0.1, 0.15) is 35.6 Å². The molecule has 8 rings (SSSR count). The SMILES string of the molecule is CNC(=O)c1c(F)cccc1Nc1nc(Nc2cc3c(ccn3C(=O)CN(C)C(=O)CCNc3cccc4c3C(=O)N(C3CCC(=O)NC3=O)C4=O)cc2OC)nc2[nH]ccc12. The first-order chi connectivity index (χ1) is 29.9. The number of rotatable bonds is 13. The molecule has 62 heavy (non-hydrogen) atoms. The number of carbonyl (C=O) groups excluding carboxylic acids is 7. The third-order valence-electron chi connectivity index (χ3n) is 10.6. The molecule has 0 spiro atoms. The molecule has 3 aromatic heterocycles. The van der Waals surface area contributed by atoms with E-state index >= 15 is 0 Å². The summed E-state index contributed by atoms with van der Waals surface area (Å²) in [5.74, 6) is -3.90. The predicted molar refractivity (Wildman–Crippen MR) is 223 cm³/mol. The fraction of sp³-hybridized carbons (Fsp3) is 0.214. The van der Waals surface area contributed by atoms with Crippen LogP contribution in [0.5, 0.6) is 5.75 Å². The van der Waals surface area contributed by atoms with Gasteiger partial charge in [-0.15, -0.1) is 0 Å². The van der Waals surface area contributed by atoms with E-state index in [9.17, 15) is 38.0 Å². The fourth-order valence-electron chi connectivity index (χ4n) is 7.49. The Labute approximate surface area is 351 Å². The van der Waals surface area contributed by atoms with Crippen LogP contribution in [0.25, 0.3) is 21.9 Å². The van der Waals surface area contributed by atoms with Gasteiger partial charge in [0, 0.05) is 56.9 Å². The van der Waals surface area contributed by atoms with Gasteiger partial charge in [0.2, 0.25) is 23.7 Å². The first kappa shape index (κ1) is 40.6. The topological polar surface area (TPSA) is 242 Å². The van der Waals surface area contributed by atoms with Crippen LogP contribution in [0.3, 0.4) is 0 Å². The maximum Gasteiger partial charge on any atom is 0.264 e. The van der Waals surface area contributed by atoms with E-state index in [1.807, 2.05) is 0 Å². The molecule has 6 N–H and O–H groups in total. The fourth-order valence-corrected chi connectivity index (χ4v) is 7.49. The van der Waals surface area contributed by atoms with Gasteiger partial charge in [0.25, 0.3) is 23.6 Å². The van der Waals surface area contributed by atoms with Crippen molar-refractivity contribution in [3.8, 4) is 5.75 Å². The first-order valence-electron chi connectivity index (χ1n) is 19.3. The molecule has 1 atom stereocenters. The van der Waals surface area contributed by atoms with Crippen molar-refractivity contribution in [2.45, 2.75) is 25.3 Å². The molecule has 1 saturated heterocycles. The van der Waals surface area contributed by atoms with Crippen LogP contribution in [0.1, 0.15) is 55.1 Å². The Bertz CT molecular complexity index is 2870. The molecule has 19 nitrogen and oxygen atoms in total. The Morgan fingerprint density at radius 1 is 0.968 bits per heavy atom. The number of piperidine rings is 1. The van der Waals surface area contributed by atoms with Gasteiger partial charge in [0.15, 0.2) is 0 Å². The molecule has 20 heteroatoms. The molecule has 2 aliphatic heterocycles. The van der Waals surface area contributed by atoms with Gasteiger partial charge in [-0.2, -0.15) is 9.97 Å². The molecule has 0 saturated carbocycles. The number of methoxy groups -OCH3 is 1. The van der Waals surface area contributed by atoms with Gasteiger partial charge in [-0.1, -0.05) is 12.1 Å². The van der Waals surface area contributed by atoms with Crippen LogP contribution >= 0.6 is 0 Å². The van der Waals surface area contributed by atoms with Gasteiger partial charge in [0.05, 0.1) is 46.1 Å². The number of benzene rings is 3. The minimum atomic E-state index is -1.12. The molecular formula is C42H38FN11O8. The van der Waals surface area contributed by atoms with Crippen molar-refractivity contribution in [2.24, 2.45) is 0 Å². The van der Waals surface area contributed by atoms with Gasteiger partial charge in [-0.05, 0) is 55.0 Å². The molecule has 316 valence electrons. The van der Waals surface area contributed by atoms with Gasteiger partial charge < -0.3 is 35.9 Å². The zero-order chi connectivity index (χ0) is 43.8. The molecule has 1 fully saturated rings. The number of likely N-dealkylation sites (N-methyl/N-ethyl adjacent to an activating group) is 1. The lowest BCUT2D eigenvalue weighted by Gasteiger charge is -2.27. The molecule has 6 aromatic rings. The number of halogens is 1. The predicted octanol–water partition coefficient (Wildman–Crippen LogP) is 3.91. The molecule has 0 bridgehead atoms. The summed E-state index contributed by atoms with van der Waals surface area (Å²) < 4.78 is 21.8. The lowest BCUT2D eigenvalue weighted by Crippen LogP contribution is -2.54. The molecule has 5 heterocycles. The van der Waals surface area contributed by atoms with E-state index in [-0.39, 0.29) is 72.4 Å². The average Bonchev–Trinajstić information content (AvgIpc) is 3.97. The molecule has 2 aliphatic rings. The number of amides is 6. The van der Waals surface area contributed by atoms with E-state index in [0.717, 1.165) is 4.90 Å². The van der Waals surface area contributed by atoms with Crippen LogP contribution < -0.4 is 31.3 Å². The maximum atomic E-state index is 14.8. The van der Waals surface area contributed by atoms with E-state index in [1.54, 1.807) is 54.9 Å². The Morgan fingerprint density at radius 3 is 2.53 bits per heavy atom. The smallest absolute Gasteiger partial charge is 0.264 e. The standard InChI is InChI=1S/C42H38FN11O8/c1-44-39(59)35-24(43)7-5-9-26(35)47-37-23-12-15-46-36(23)50-42(51-37)48-27-19-29-21(18-30(27)62-3)14-17-53(29)33(57)20-52(2)32(56)13-16-45-25-8-4-6-22-34(25)41(61)54(40(22)60)28-10-11-31(55)49-38(28)58/h4-9,12,14-15,17-19,28,45H,10-11,13,16,20H2,1-3H3,(H,44,59)(H,49,55,58)(H3,46,47,48,50,51). The normalized spacial score (nSPS) is 14.8. The van der Waals surface area contributed by atoms with Crippen LogP contribution in [0.2, 0.25) is 0 Å². The van der Waals surface area contributed by atoms with Crippen LogP contribution in [0.4, 0.5) is 33.2 Å². The number of imide groups is 2. The van der Waals surface area contributed by atoms with Gasteiger partial charge in [-0.3, -0.25) is 48.3 Å². The number of H-pyrrole nitrogens is 1. The third kappa shape index (κ3) is 7.48. The van der Waals surface area contributed by atoms with Crippen LogP contribution in [0, 0.1) is 5.82 Å². The van der Waals surface area contributed by atoms with Gasteiger partial charge in [-0.25, -0.2) is 4.39 Å². The molecule has 3 aromatic carbocycles. The van der Waals surface area contributed by atoms with Crippen molar-refractivity contribution >= 4 is 92.1 Å². The summed E-state index contributed by atoms with van der Waals surface area (Å²) >= 11 is 0. The Morgan fingerprint density at radius 2 is 1.76 bits per heavy atom. The number of aromatic amines is 1. The number of ether oxygens (including phenoxy) is 1. The molecule has 6 amide bonds. The van der Waals surface area contributed by atoms with E-state index in [1.165, 1.54) is 48.9 Å². The maximum absolute atomic E-state index is 14.8. The number of aromatic nitrogens is 4. The van der Waals surface area contributed by atoms with Crippen molar-refractivity contribution < 1.29 is 42.7 Å². The lowest BCUT2D eigenvalue weighted by atomic mass is 10.0. The Balaban J connectivity index is 0.950. The minimum Gasteiger partial charge on any atom is -0.495 e. The summed E-state index contributed by atoms with van der Waals surface area (Å²) in [5, 5.41) is 15.1. The summed E-state index contributed by atoms with van der Waals surface area (Å²) in [5.41, 5.74) is 1.76. The zero-order valence-corrected chi connectivity index (χ0v) is 33.4. The van der Waals surface area contributed by atoms with Crippen LogP contribution in [-0.2, 0) is 14.4 Å². The quantitative estimate of drug-likeness (QED) is 0.0906. The van der Waals surface area contributed by atoms with Gasteiger partial charge >= 0.3 is 0 Å².